The van der Waals surface area contributed by atoms with Gasteiger partial charge >= 0.3 is 5.97 Å². The van der Waals surface area contributed by atoms with Gasteiger partial charge in [-0.05, 0) is 61.5 Å². The smallest absolute Gasteiger partial charge is 0.307 e. The van der Waals surface area contributed by atoms with Crippen molar-refractivity contribution in [1.29, 1.82) is 0 Å². The summed E-state index contributed by atoms with van der Waals surface area (Å²) in [5.41, 5.74) is 8.39. The van der Waals surface area contributed by atoms with Crippen LogP contribution in [0.4, 0.5) is 0 Å². The number of carboxylic acid groups (broad SMARTS) is 1. The third kappa shape index (κ3) is 2.70. The van der Waals surface area contributed by atoms with Crippen LogP contribution in [-0.4, -0.2) is 27.3 Å². The number of aliphatic hydroxyl groups is 1. The molecule has 4 bridgehead atoms. The summed E-state index contributed by atoms with van der Waals surface area (Å²) in [4.78, 5) is 15.1. The summed E-state index contributed by atoms with van der Waals surface area (Å²) < 4.78 is 0. The number of aliphatic carboxylic acids is 1. The first-order valence-corrected chi connectivity index (χ1v) is 9.00. The predicted octanol–water partition coefficient (Wildman–Crippen LogP) is 3.55. The molecular weight excluding hydrogens is 318 g/mol. The monoisotopic (exact) mass is 341 g/mol. The molecule has 1 aromatic rings. The van der Waals surface area contributed by atoms with Crippen LogP contribution in [0, 0.1) is 23.7 Å². The third-order valence-electron chi connectivity index (χ3n) is 6.66. The van der Waals surface area contributed by atoms with Gasteiger partial charge in [-0.2, -0.15) is 0 Å². The summed E-state index contributed by atoms with van der Waals surface area (Å²) in [6.07, 6.45) is 3.95. The van der Waals surface area contributed by atoms with Crippen LogP contribution in [0.5, 0.6) is 0 Å². The molecule has 0 spiro atoms. The molecule has 1 aromatic carbocycles. The van der Waals surface area contributed by atoms with Crippen molar-refractivity contribution in [2.45, 2.75) is 49.7 Å². The Balaban J connectivity index is 1.67. The van der Waals surface area contributed by atoms with Gasteiger partial charge in [-0.3, -0.25) is 4.79 Å². The van der Waals surface area contributed by atoms with Crippen molar-refractivity contribution in [2.75, 3.05) is 0 Å². The number of hydrogen-bond acceptors (Lipinski definition) is 3. The number of carboxylic acids is 1. The molecule has 6 heteroatoms. The zero-order chi connectivity index (χ0) is 17.7. The quantitative estimate of drug-likeness (QED) is 0.486. The van der Waals surface area contributed by atoms with E-state index in [4.69, 9.17) is 5.53 Å². The van der Waals surface area contributed by atoms with E-state index in [9.17, 15) is 15.0 Å². The molecule has 0 radical (unpaired) electrons. The Hall–Kier alpha value is -2.04. The van der Waals surface area contributed by atoms with Crippen molar-refractivity contribution in [3.8, 4) is 0 Å². The Morgan fingerprint density at radius 1 is 1.32 bits per heavy atom. The van der Waals surface area contributed by atoms with E-state index in [0.717, 1.165) is 18.4 Å². The predicted molar refractivity (Wildman–Crippen MR) is 91.7 cm³/mol. The highest BCUT2D eigenvalue weighted by molar-refractivity contribution is 5.71. The van der Waals surface area contributed by atoms with Gasteiger partial charge in [0.15, 0.2) is 0 Å². The number of rotatable bonds is 5. The fraction of sp³-hybridized carbons (Fsp3) is 0.632. The fourth-order valence-corrected chi connectivity index (χ4v) is 6.26. The lowest BCUT2D eigenvalue weighted by molar-refractivity contribution is -0.201. The number of carbonyl (C=O) groups is 1. The SMILES string of the molecule is [N-]=[N+]=N[C@]12C[C@@H]3C[C@H](C1)[C@@H](C(Cc1ccccc1)C(=O)O)[C@@](O)(C3)C2. The van der Waals surface area contributed by atoms with Crippen molar-refractivity contribution in [2.24, 2.45) is 28.8 Å². The molecule has 132 valence electrons. The molecule has 0 saturated heterocycles. The lowest BCUT2D eigenvalue weighted by atomic mass is 9.45. The highest BCUT2D eigenvalue weighted by Gasteiger charge is 2.64. The van der Waals surface area contributed by atoms with Gasteiger partial charge in [0.2, 0.25) is 0 Å². The van der Waals surface area contributed by atoms with Crippen LogP contribution in [0.2, 0.25) is 0 Å². The second-order valence-electron chi connectivity index (χ2n) is 8.33. The average molecular weight is 341 g/mol. The van der Waals surface area contributed by atoms with E-state index in [2.05, 4.69) is 10.0 Å². The van der Waals surface area contributed by atoms with Crippen molar-refractivity contribution in [3.05, 3.63) is 46.3 Å². The van der Waals surface area contributed by atoms with E-state index in [1.165, 1.54) is 0 Å². The normalized spacial score (nSPS) is 39.6. The van der Waals surface area contributed by atoms with E-state index in [1.54, 1.807) is 0 Å². The van der Waals surface area contributed by atoms with Gasteiger partial charge in [-0.15, -0.1) is 0 Å². The fourth-order valence-electron chi connectivity index (χ4n) is 6.26. The lowest BCUT2D eigenvalue weighted by Crippen LogP contribution is -2.65. The maximum atomic E-state index is 12.1. The second kappa shape index (κ2) is 5.75. The minimum absolute atomic E-state index is 0.113. The van der Waals surface area contributed by atoms with Crippen molar-refractivity contribution in [1.82, 2.24) is 0 Å². The standard InChI is InChI=1S/C19H23N3O3/c20-22-21-18-8-13-6-14(10-18)16(19(25,9-13)11-18)15(17(23)24)7-12-4-2-1-3-5-12/h1-5,13-16,25H,6-11H2,(H,23,24)/t13-,14+,15?,16-,18+,19+/m0/s1. The van der Waals surface area contributed by atoms with Gasteiger partial charge in [-0.25, -0.2) is 0 Å². The first-order chi connectivity index (χ1) is 11.9. The molecule has 6 atom stereocenters. The Bertz CT molecular complexity index is 733. The number of nitrogens with zero attached hydrogens (tertiary/aromatic N) is 3. The molecule has 0 amide bonds. The summed E-state index contributed by atoms with van der Waals surface area (Å²) in [6, 6.07) is 9.63. The summed E-state index contributed by atoms with van der Waals surface area (Å²) in [6.45, 7) is 0. The highest BCUT2D eigenvalue weighted by Crippen LogP contribution is 2.63. The van der Waals surface area contributed by atoms with Crippen molar-refractivity contribution in [3.63, 3.8) is 0 Å². The number of hydrogen-bond donors (Lipinski definition) is 2. The molecule has 5 rings (SSSR count). The van der Waals surface area contributed by atoms with Crippen molar-refractivity contribution >= 4 is 5.97 Å². The Morgan fingerprint density at radius 3 is 2.72 bits per heavy atom. The van der Waals surface area contributed by atoms with Gasteiger partial charge in [0.25, 0.3) is 0 Å². The average Bonchev–Trinajstić information content (AvgIpc) is 2.53. The summed E-state index contributed by atoms with van der Waals surface area (Å²) in [5.74, 6) is -1.27. The Morgan fingerprint density at radius 2 is 2.08 bits per heavy atom. The summed E-state index contributed by atoms with van der Waals surface area (Å²) in [5, 5.41) is 25.4. The van der Waals surface area contributed by atoms with Gasteiger partial charge in [0.05, 0.1) is 17.1 Å². The first kappa shape index (κ1) is 16.4. The van der Waals surface area contributed by atoms with Gasteiger partial charge in [-0.1, -0.05) is 35.4 Å². The van der Waals surface area contributed by atoms with Crippen LogP contribution in [0.15, 0.2) is 35.4 Å². The van der Waals surface area contributed by atoms with E-state index in [-0.39, 0.29) is 11.8 Å². The molecule has 25 heavy (non-hydrogen) atoms. The molecule has 0 heterocycles. The zero-order valence-corrected chi connectivity index (χ0v) is 14.1. The van der Waals surface area contributed by atoms with Crippen LogP contribution >= 0.6 is 0 Å². The number of benzene rings is 1. The first-order valence-electron chi connectivity index (χ1n) is 9.00. The molecule has 4 aliphatic carbocycles. The second-order valence-corrected chi connectivity index (χ2v) is 8.33. The molecule has 6 nitrogen and oxygen atoms in total. The lowest BCUT2D eigenvalue weighted by Gasteiger charge is -2.63. The van der Waals surface area contributed by atoms with Crippen LogP contribution in [0.3, 0.4) is 0 Å². The Labute approximate surface area is 146 Å². The molecule has 0 aliphatic heterocycles. The summed E-state index contributed by atoms with van der Waals surface area (Å²) >= 11 is 0. The zero-order valence-electron chi connectivity index (χ0n) is 14.1. The van der Waals surface area contributed by atoms with E-state index in [1.807, 2.05) is 30.3 Å². The molecule has 4 saturated carbocycles. The van der Waals surface area contributed by atoms with Crippen LogP contribution < -0.4 is 0 Å². The van der Waals surface area contributed by atoms with Crippen LogP contribution in [0.25, 0.3) is 10.4 Å². The molecule has 2 N–H and O–H groups in total. The maximum Gasteiger partial charge on any atom is 0.307 e. The van der Waals surface area contributed by atoms with Crippen LogP contribution in [-0.2, 0) is 11.2 Å². The van der Waals surface area contributed by atoms with Crippen LogP contribution in [0.1, 0.15) is 37.7 Å². The molecule has 4 fully saturated rings. The largest absolute Gasteiger partial charge is 0.481 e. The van der Waals surface area contributed by atoms with Gasteiger partial charge in [0, 0.05) is 10.8 Å². The minimum atomic E-state index is -1.03. The highest BCUT2D eigenvalue weighted by atomic mass is 16.4. The molecule has 4 aliphatic rings. The summed E-state index contributed by atoms with van der Waals surface area (Å²) in [7, 11) is 0. The van der Waals surface area contributed by atoms with E-state index >= 15 is 0 Å². The molecule has 1 unspecified atom stereocenters. The maximum absolute atomic E-state index is 12.1. The topological polar surface area (TPSA) is 106 Å². The van der Waals surface area contributed by atoms with Gasteiger partial charge in [0.1, 0.15) is 0 Å². The van der Waals surface area contributed by atoms with Crippen molar-refractivity contribution < 1.29 is 15.0 Å². The minimum Gasteiger partial charge on any atom is -0.481 e. The van der Waals surface area contributed by atoms with E-state index < -0.39 is 23.0 Å². The van der Waals surface area contributed by atoms with Gasteiger partial charge < -0.3 is 10.2 Å². The molecule has 0 aromatic heterocycles. The third-order valence-corrected chi connectivity index (χ3v) is 6.66. The Kier molecular flexibility index (Phi) is 3.78. The number of azide groups is 1. The van der Waals surface area contributed by atoms with E-state index in [0.29, 0.717) is 31.6 Å². The molecular formula is C19H23N3O3.